The number of anilines is 1. The summed E-state index contributed by atoms with van der Waals surface area (Å²) in [5.41, 5.74) is 4.14. The molecular formula is C19H15N5O4S2. The molecule has 0 amide bonds. The molecule has 2 heterocycles. The number of nitrogens with zero attached hydrogens (tertiary/aromatic N) is 4. The lowest BCUT2D eigenvalue weighted by molar-refractivity contribution is 0.603. The number of nitrogens with one attached hydrogen (secondary N) is 1. The molecule has 0 fully saturated rings. The molecule has 1 aliphatic heterocycles. The molecule has 0 radical (unpaired) electrons. The lowest BCUT2D eigenvalue weighted by Gasteiger charge is -2.07. The van der Waals surface area contributed by atoms with Crippen LogP contribution in [0.15, 0.2) is 63.4 Å². The molecule has 3 aromatic rings. The zero-order chi connectivity index (χ0) is 21.7. The second-order valence-corrected chi connectivity index (χ2v) is 10.5. The van der Waals surface area contributed by atoms with Crippen LogP contribution in [0.3, 0.4) is 0 Å². The Kier molecular flexibility index (Phi) is 4.48. The number of para-hydroxylation sites is 1. The first kappa shape index (κ1) is 19.8. The zero-order valence-electron chi connectivity index (χ0n) is 15.9. The van der Waals surface area contributed by atoms with Gasteiger partial charge in [0.1, 0.15) is 11.6 Å². The van der Waals surface area contributed by atoms with Crippen molar-refractivity contribution in [3.63, 3.8) is 0 Å². The Morgan fingerprint density at radius 1 is 1.00 bits per heavy atom. The van der Waals surface area contributed by atoms with Crippen LogP contribution in [0.2, 0.25) is 0 Å². The number of hydrazone groups is 1. The summed E-state index contributed by atoms with van der Waals surface area (Å²) >= 11 is 0. The van der Waals surface area contributed by atoms with Crippen LogP contribution >= 0.6 is 0 Å². The fraction of sp³-hybridized carbons (Fsp3) is 0.105. The van der Waals surface area contributed by atoms with Gasteiger partial charge in [-0.1, -0.05) is 24.3 Å². The topological polar surface area (TPSA) is 134 Å². The summed E-state index contributed by atoms with van der Waals surface area (Å²) in [5.74, 6) is 0.0613. The van der Waals surface area contributed by atoms with Crippen LogP contribution in [0, 0.1) is 25.2 Å². The standard InChI is InChI=1S/C19H15N5O4S2/c1-12-8-9-16-17(10-12)30(27,28)19(29(16,25)26)22-21-18-15(11-20)13(2)23-24(18)14-6-4-3-5-7-14/h3-10,21H,1-2H3. The van der Waals surface area contributed by atoms with Crippen molar-refractivity contribution in [1.82, 2.24) is 9.78 Å². The number of rotatable bonds is 3. The van der Waals surface area contributed by atoms with Crippen LogP contribution in [-0.4, -0.2) is 31.0 Å². The minimum atomic E-state index is -4.35. The van der Waals surface area contributed by atoms with Crippen molar-refractivity contribution in [1.29, 1.82) is 5.26 Å². The number of fused-ring (bicyclic) bond motifs is 1. The minimum absolute atomic E-state index is 0.0613. The number of sulfone groups is 2. The van der Waals surface area contributed by atoms with E-state index in [-0.39, 0.29) is 21.2 Å². The minimum Gasteiger partial charge on any atom is -0.258 e. The van der Waals surface area contributed by atoms with Gasteiger partial charge in [-0.15, -0.1) is 5.10 Å². The third-order valence-corrected chi connectivity index (χ3v) is 8.96. The molecular weight excluding hydrogens is 426 g/mol. The Morgan fingerprint density at radius 3 is 2.33 bits per heavy atom. The highest BCUT2D eigenvalue weighted by molar-refractivity contribution is 8.33. The molecule has 11 heteroatoms. The summed E-state index contributed by atoms with van der Waals surface area (Å²) in [6, 6.07) is 14.8. The van der Waals surface area contributed by atoms with E-state index in [4.69, 9.17) is 0 Å². The number of hydrogen-bond acceptors (Lipinski definition) is 8. The number of aromatic nitrogens is 2. The van der Waals surface area contributed by atoms with E-state index < -0.39 is 24.1 Å². The first-order valence-corrected chi connectivity index (χ1v) is 11.6. The molecule has 0 saturated carbocycles. The van der Waals surface area contributed by atoms with Crippen LogP contribution in [0.5, 0.6) is 0 Å². The monoisotopic (exact) mass is 441 g/mol. The zero-order valence-corrected chi connectivity index (χ0v) is 17.5. The molecule has 1 aliphatic rings. The lowest BCUT2D eigenvalue weighted by Crippen LogP contribution is -2.18. The van der Waals surface area contributed by atoms with Crippen LogP contribution in [0.1, 0.15) is 16.8 Å². The first-order chi connectivity index (χ1) is 14.2. The molecule has 1 N–H and O–H groups in total. The average Bonchev–Trinajstić information content (AvgIpc) is 3.10. The maximum absolute atomic E-state index is 12.9. The quantitative estimate of drug-likeness (QED) is 0.616. The number of aryl methyl sites for hydroxylation is 2. The Hall–Kier alpha value is -3.49. The Labute approximate surface area is 173 Å². The van der Waals surface area contributed by atoms with E-state index in [1.165, 1.54) is 22.9 Å². The molecule has 0 spiro atoms. The van der Waals surface area contributed by atoms with Gasteiger partial charge in [0.05, 0.1) is 21.2 Å². The summed E-state index contributed by atoms with van der Waals surface area (Å²) < 4.78 is 51.7. The van der Waals surface area contributed by atoms with Gasteiger partial charge in [0.15, 0.2) is 5.82 Å². The van der Waals surface area contributed by atoms with Crippen molar-refractivity contribution in [3.8, 4) is 11.8 Å². The number of hydrogen-bond donors (Lipinski definition) is 1. The van der Waals surface area contributed by atoms with Crippen molar-refractivity contribution in [2.24, 2.45) is 5.10 Å². The van der Waals surface area contributed by atoms with Gasteiger partial charge in [0.2, 0.25) is 19.7 Å². The smallest absolute Gasteiger partial charge is 0.258 e. The van der Waals surface area contributed by atoms with Gasteiger partial charge in [-0.25, -0.2) is 21.5 Å². The number of nitriles is 1. The molecule has 2 aromatic carbocycles. The molecule has 30 heavy (non-hydrogen) atoms. The summed E-state index contributed by atoms with van der Waals surface area (Å²) in [5, 5.41) is 17.5. The van der Waals surface area contributed by atoms with E-state index >= 15 is 0 Å². The van der Waals surface area contributed by atoms with E-state index in [0.717, 1.165) is 0 Å². The summed E-state index contributed by atoms with van der Waals surface area (Å²) in [7, 11) is -8.69. The average molecular weight is 441 g/mol. The lowest BCUT2D eigenvalue weighted by atomic mass is 10.2. The third kappa shape index (κ3) is 2.89. The van der Waals surface area contributed by atoms with Crippen LogP contribution in [0.4, 0.5) is 5.82 Å². The second kappa shape index (κ2) is 6.79. The normalized spacial score (nSPS) is 17.4. The van der Waals surface area contributed by atoms with E-state index in [1.807, 2.05) is 6.07 Å². The fourth-order valence-corrected chi connectivity index (χ4v) is 7.42. The van der Waals surface area contributed by atoms with Gasteiger partial charge >= 0.3 is 0 Å². The largest absolute Gasteiger partial charge is 0.276 e. The van der Waals surface area contributed by atoms with Crippen molar-refractivity contribution < 1.29 is 16.8 Å². The number of benzene rings is 2. The molecule has 0 aliphatic carbocycles. The highest BCUT2D eigenvalue weighted by atomic mass is 32.3. The molecule has 0 unspecified atom stereocenters. The van der Waals surface area contributed by atoms with Crippen LogP contribution in [0.25, 0.3) is 5.69 Å². The molecule has 0 saturated heterocycles. The molecule has 9 nitrogen and oxygen atoms in total. The van der Waals surface area contributed by atoms with E-state index in [9.17, 15) is 22.1 Å². The predicted molar refractivity (Wildman–Crippen MR) is 110 cm³/mol. The molecule has 0 atom stereocenters. The molecule has 4 rings (SSSR count). The van der Waals surface area contributed by atoms with Gasteiger partial charge in [-0.2, -0.15) is 10.4 Å². The van der Waals surface area contributed by atoms with E-state index in [2.05, 4.69) is 15.6 Å². The van der Waals surface area contributed by atoms with E-state index in [0.29, 0.717) is 16.9 Å². The van der Waals surface area contributed by atoms with Gasteiger partial charge in [-0.05, 0) is 43.7 Å². The van der Waals surface area contributed by atoms with Gasteiger partial charge in [-0.3, -0.25) is 5.43 Å². The first-order valence-electron chi connectivity index (χ1n) is 8.67. The van der Waals surface area contributed by atoms with Gasteiger partial charge in [0.25, 0.3) is 4.38 Å². The highest BCUT2D eigenvalue weighted by Crippen LogP contribution is 2.35. The molecule has 1 aromatic heterocycles. The fourth-order valence-electron chi connectivity index (χ4n) is 3.12. The summed E-state index contributed by atoms with van der Waals surface area (Å²) in [6.07, 6.45) is 0. The maximum Gasteiger partial charge on any atom is 0.276 e. The summed E-state index contributed by atoms with van der Waals surface area (Å²) in [4.78, 5) is -0.627. The maximum atomic E-state index is 12.9. The third-order valence-electron chi connectivity index (χ3n) is 4.56. The van der Waals surface area contributed by atoms with Crippen molar-refractivity contribution in [3.05, 3.63) is 65.4 Å². The second-order valence-electron chi connectivity index (χ2n) is 6.61. The molecule has 0 bridgehead atoms. The summed E-state index contributed by atoms with van der Waals surface area (Å²) in [6.45, 7) is 3.27. The SMILES string of the molecule is Cc1ccc2c(c1)S(=O)(=O)C(=NNc1c(C#N)c(C)nn1-c1ccccc1)S2(=O)=O. The van der Waals surface area contributed by atoms with Crippen molar-refractivity contribution in [2.75, 3.05) is 5.43 Å². The Balaban J connectivity index is 1.87. The molecule has 152 valence electrons. The highest BCUT2D eigenvalue weighted by Gasteiger charge is 2.47. The Morgan fingerprint density at radius 2 is 1.67 bits per heavy atom. The van der Waals surface area contributed by atoms with Crippen molar-refractivity contribution >= 4 is 29.9 Å². The van der Waals surface area contributed by atoms with Crippen LogP contribution < -0.4 is 5.43 Å². The van der Waals surface area contributed by atoms with E-state index in [1.54, 1.807) is 44.2 Å². The van der Waals surface area contributed by atoms with Crippen molar-refractivity contribution in [2.45, 2.75) is 23.6 Å². The Bertz CT molecular complexity index is 1470. The van der Waals surface area contributed by atoms with Crippen LogP contribution in [-0.2, 0) is 19.7 Å². The van der Waals surface area contributed by atoms with Gasteiger partial charge < -0.3 is 0 Å². The van der Waals surface area contributed by atoms with Gasteiger partial charge in [0, 0.05) is 0 Å². The predicted octanol–water partition coefficient (Wildman–Crippen LogP) is 2.30.